The zero-order chi connectivity index (χ0) is 38.3. The molecule has 0 nitrogen and oxygen atoms in total. The van der Waals surface area contributed by atoms with Crippen LogP contribution in [0, 0.1) is 0 Å². The molecule has 270 valence electrons. The standard InChI is InChI=1S/C45H27F9/c46-43(47,48)40-37(34-22-16-31(17-23-34)28-10-4-1-5-11-28)41(44(49,50)51)39(36-26-20-33(21-27-36)30-14-8-3-9-15-30)42(45(52,53)54)38(40)35-24-18-32(19-25-35)29-12-6-2-7-13-29/h1-27H. The van der Waals surface area contributed by atoms with E-state index in [0.29, 0.717) is 33.4 Å². The molecule has 54 heavy (non-hydrogen) atoms. The van der Waals surface area contributed by atoms with E-state index in [1.807, 2.05) is 0 Å². The van der Waals surface area contributed by atoms with Crippen LogP contribution in [0.15, 0.2) is 164 Å². The van der Waals surface area contributed by atoms with Crippen molar-refractivity contribution in [2.75, 3.05) is 0 Å². The van der Waals surface area contributed by atoms with Gasteiger partial charge in [0.1, 0.15) is 0 Å². The molecule has 0 unspecified atom stereocenters. The Balaban J connectivity index is 1.61. The lowest BCUT2D eigenvalue weighted by Crippen LogP contribution is -2.23. The third kappa shape index (κ3) is 7.14. The molecule has 0 saturated carbocycles. The topological polar surface area (TPSA) is 0 Å². The van der Waals surface area contributed by atoms with Crippen molar-refractivity contribution >= 4 is 0 Å². The second-order valence-electron chi connectivity index (χ2n) is 12.6. The highest BCUT2D eigenvalue weighted by molar-refractivity contribution is 5.94. The molecule has 0 fully saturated rings. The van der Waals surface area contributed by atoms with Crippen LogP contribution in [0.1, 0.15) is 16.7 Å². The highest BCUT2D eigenvalue weighted by atomic mass is 19.4. The first-order chi connectivity index (χ1) is 25.7. The zero-order valence-corrected chi connectivity index (χ0v) is 28.0. The van der Waals surface area contributed by atoms with E-state index in [9.17, 15) is 0 Å². The van der Waals surface area contributed by atoms with Gasteiger partial charge in [0.25, 0.3) is 0 Å². The van der Waals surface area contributed by atoms with Gasteiger partial charge in [-0.2, -0.15) is 39.5 Å². The minimum Gasteiger partial charge on any atom is -0.166 e. The first kappa shape index (κ1) is 36.3. The Morgan fingerprint density at radius 1 is 0.204 bits per heavy atom. The molecule has 0 radical (unpaired) electrons. The molecule has 0 saturated heterocycles. The Bertz CT molecular complexity index is 2080. The van der Waals surface area contributed by atoms with Crippen LogP contribution in [-0.2, 0) is 18.5 Å². The fourth-order valence-electron chi connectivity index (χ4n) is 6.85. The monoisotopic (exact) mass is 738 g/mol. The summed E-state index contributed by atoms with van der Waals surface area (Å²) in [6.45, 7) is 0. The lowest BCUT2D eigenvalue weighted by molar-refractivity contribution is -0.146. The highest BCUT2D eigenvalue weighted by Gasteiger charge is 2.51. The van der Waals surface area contributed by atoms with E-state index < -0.39 is 68.6 Å². The summed E-state index contributed by atoms with van der Waals surface area (Å²) < 4.78 is 140. The van der Waals surface area contributed by atoms with Crippen molar-refractivity contribution in [1.29, 1.82) is 0 Å². The number of hydrogen-bond acceptors (Lipinski definition) is 0. The third-order valence-corrected chi connectivity index (χ3v) is 9.19. The molecule has 0 aliphatic rings. The van der Waals surface area contributed by atoms with Gasteiger partial charge in [0.05, 0.1) is 16.7 Å². The van der Waals surface area contributed by atoms with Crippen molar-refractivity contribution in [2.24, 2.45) is 0 Å². The smallest absolute Gasteiger partial charge is 0.166 e. The molecule has 0 spiro atoms. The summed E-state index contributed by atoms with van der Waals surface area (Å²) in [5.74, 6) is 0. The van der Waals surface area contributed by atoms with Crippen LogP contribution in [0.3, 0.4) is 0 Å². The minimum atomic E-state index is -5.67. The van der Waals surface area contributed by atoms with Gasteiger partial charge in [0.2, 0.25) is 0 Å². The molecule has 0 heterocycles. The maximum atomic E-state index is 15.5. The van der Waals surface area contributed by atoms with Crippen molar-refractivity contribution in [3.8, 4) is 66.8 Å². The van der Waals surface area contributed by atoms with E-state index in [1.54, 1.807) is 91.0 Å². The molecule has 7 aromatic rings. The van der Waals surface area contributed by atoms with E-state index >= 15 is 39.5 Å². The van der Waals surface area contributed by atoms with Crippen LogP contribution in [0.4, 0.5) is 39.5 Å². The largest absolute Gasteiger partial charge is 0.417 e. The molecule has 0 aliphatic carbocycles. The van der Waals surface area contributed by atoms with Gasteiger partial charge in [-0.05, 0) is 50.1 Å². The lowest BCUT2D eigenvalue weighted by Gasteiger charge is -2.30. The normalized spacial score (nSPS) is 12.2. The van der Waals surface area contributed by atoms with Crippen LogP contribution in [0.2, 0.25) is 0 Å². The summed E-state index contributed by atoms with van der Waals surface area (Å²) in [6, 6.07) is 40.4. The Labute approximate surface area is 304 Å². The molecule has 9 heteroatoms. The van der Waals surface area contributed by atoms with Crippen LogP contribution in [0.5, 0.6) is 0 Å². The van der Waals surface area contributed by atoms with Crippen molar-refractivity contribution in [3.05, 3.63) is 180 Å². The average molecular weight is 739 g/mol. The quantitative estimate of drug-likeness (QED) is 0.149. The fourth-order valence-corrected chi connectivity index (χ4v) is 6.85. The maximum Gasteiger partial charge on any atom is 0.417 e. The number of benzene rings is 7. The molecule has 0 aromatic heterocycles. The van der Waals surface area contributed by atoms with E-state index in [4.69, 9.17) is 0 Å². The Morgan fingerprint density at radius 2 is 0.370 bits per heavy atom. The maximum absolute atomic E-state index is 15.5. The van der Waals surface area contributed by atoms with Gasteiger partial charge in [0.15, 0.2) is 0 Å². The van der Waals surface area contributed by atoms with E-state index in [1.165, 1.54) is 36.4 Å². The van der Waals surface area contributed by atoms with Gasteiger partial charge in [-0.15, -0.1) is 0 Å². The molecular weight excluding hydrogens is 711 g/mol. The number of hydrogen-bond donors (Lipinski definition) is 0. The summed E-state index contributed by atoms with van der Waals surface area (Å²) in [7, 11) is 0. The average Bonchev–Trinajstić information content (AvgIpc) is 3.17. The molecule has 7 rings (SSSR count). The van der Waals surface area contributed by atoms with Gasteiger partial charge in [-0.3, -0.25) is 0 Å². The predicted octanol–water partition coefficient (Wildman–Crippen LogP) is 14.7. The minimum absolute atomic E-state index is 0.488. The van der Waals surface area contributed by atoms with Crippen LogP contribution >= 0.6 is 0 Å². The first-order valence-electron chi connectivity index (χ1n) is 16.6. The van der Waals surface area contributed by atoms with E-state index in [0.717, 1.165) is 36.4 Å². The summed E-state index contributed by atoms with van der Waals surface area (Å²) in [5.41, 5.74) is -8.56. The molecule has 0 aliphatic heterocycles. The SMILES string of the molecule is FC(F)(F)c1c(-c2ccc(-c3ccccc3)cc2)c(C(F)(F)F)c(-c2ccc(-c3ccccc3)cc2)c(C(F)(F)F)c1-c1ccc(-c2ccccc2)cc1. The Hall–Kier alpha value is -6.09. The summed E-state index contributed by atoms with van der Waals surface area (Å²) in [6.07, 6.45) is -17.0. The fraction of sp³-hybridized carbons (Fsp3) is 0.0667. The van der Waals surface area contributed by atoms with Crippen LogP contribution in [-0.4, -0.2) is 0 Å². The van der Waals surface area contributed by atoms with Crippen molar-refractivity contribution in [3.63, 3.8) is 0 Å². The molecule has 0 atom stereocenters. The summed E-state index contributed by atoms with van der Waals surface area (Å²) in [4.78, 5) is 0. The lowest BCUT2D eigenvalue weighted by atomic mass is 9.78. The van der Waals surface area contributed by atoms with Gasteiger partial charge in [-0.1, -0.05) is 164 Å². The summed E-state index contributed by atoms with van der Waals surface area (Å²) >= 11 is 0. The number of rotatable bonds is 6. The van der Waals surface area contributed by atoms with E-state index in [2.05, 4.69) is 0 Å². The molecule has 0 bridgehead atoms. The van der Waals surface area contributed by atoms with Gasteiger partial charge < -0.3 is 0 Å². The molecule has 0 N–H and O–H groups in total. The number of halogens is 9. The molecule has 0 amide bonds. The van der Waals surface area contributed by atoms with E-state index in [-0.39, 0.29) is 0 Å². The van der Waals surface area contributed by atoms with Crippen LogP contribution < -0.4 is 0 Å². The van der Waals surface area contributed by atoms with Gasteiger partial charge in [-0.25, -0.2) is 0 Å². The zero-order valence-electron chi connectivity index (χ0n) is 28.0. The van der Waals surface area contributed by atoms with Crippen molar-refractivity contribution in [1.82, 2.24) is 0 Å². The summed E-state index contributed by atoms with van der Waals surface area (Å²) in [5, 5.41) is 0. The van der Waals surface area contributed by atoms with Gasteiger partial charge in [0, 0.05) is 16.7 Å². The highest BCUT2D eigenvalue weighted by Crippen LogP contribution is 2.58. The second kappa shape index (κ2) is 14.0. The second-order valence-corrected chi connectivity index (χ2v) is 12.6. The van der Waals surface area contributed by atoms with Crippen molar-refractivity contribution < 1.29 is 39.5 Å². The Morgan fingerprint density at radius 3 is 0.556 bits per heavy atom. The van der Waals surface area contributed by atoms with Crippen molar-refractivity contribution in [2.45, 2.75) is 18.5 Å². The third-order valence-electron chi connectivity index (χ3n) is 9.19. The molecule has 7 aromatic carbocycles. The van der Waals surface area contributed by atoms with Gasteiger partial charge >= 0.3 is 18.5 Å². The molecular formula is C45H27F9. The Kier molecular flexibility index (Phi) is 9.43. The number of alkyl halides is 9. The van der Waals surface area contributed by atoms with Crippen LogP contribution in [0.25, 0.3) is 66.8 Å². The first-order valence-corrected chi connectivity index (χ1v) is 16.6. The predicted molar refractivity (Wildman–Crippen MR) is 194 cm³/mol.